The molecule has 0 saturated heterocycles. The van der Waals surface area contributed by atoms with Crippen molar-refractivity contribution in [2.75, 3.05) is 12.4 Å². The first-order valence-electron chi connectivity index (χ1n) is 5.28. The number of rotatable bonds is 3. The third-order valence-corrected chi connectivity index (χ3v) is 3.19. The second-order valence-electron chi connectivity index (χ2n) is 3.54. The maximum absolute atomic E-state index is 11.9. The van der Waals surface area contributed by atoms with Gasteiger partial charge in [-0.15, -0.1) is 11.3 Å². The summed E-state index contributed by atoms with van der Waals surface area (Å²) in [7, 11) is 1.27. The van der Waals surface area contributed by atoms with Crippen LogP contribution in [0.2, 0.25) is 0 Å². The number of anilines is 1. The molecule has 0 bridgehead atoms. The van der Waals surface area contributed by atoms with Gasteiger partial charge in [-0.2, -0.15) is 0 Å². The average molecular weight is 278 g/mol. The van der Waals surface area contributed by atoms with Gasteiger partial charge in [-0.05, 0) is 17.5 Å². The Morgan fingerprint density at radius 1 is 1.32 bits per heavy atom. The molecule has 7 heteroatoms. The minimum absolute atomic E-state index is 0.120. The molecule has 2 aromatic heterocycles. The molecular weight excluding hydrogens is 268 g/mol. The van der Waals surface area contributed by atoms with Gasteiger partial charge in [0.2, 0.25) is 5.56 Å². The third kappa shape index (κ3) is 2.89. The second-order valence-corrected chi connectivity index (χ2v) is 4.45. The van der Waals surface area contributed by atoms with E-state index in [1.807, 2.05) is 0 Å². The number of pyridine rings is 1. The number of hydrogen-bond acceptors (Lipinski definition) is 5. The number of methoxy groups -OCH3 is 1. The van der Waals surface area contributed by atoms with Crippen LogP contribution >= 0.6 is 11.3 Å². The van der Waals surface area contributed by atoms with Crippen LogP contribution in [0.15, 0.2) is 34.4 Å². The Labute approximate surface area is 112 Å². The van der Waals surface area contributed by atoms with Gasteiger partial charge in [0, 0.05) is 6.07 Å². The number of carbonyl (C=O) groups excluding carboxylic acids is 2. The summed E-state index contributed by atoms with van der Waals surface area (Å²) in [6, 6.07) is 5.85. The van der Waals surface area contributed by atoms with Gasteiger partial charge in [-0.25, -0.2) is 4.79 Å². The van der Waals surface area contributed by atoms with E-state index < -0.39 is 11.9 Å². The lowest BCUT2D eigenvalue weighted by Gasteiger charge is -2.05. The molecule has 6 nitrogen and oxygen atoms in total. The molecule has 2 N–H and O–H groups in total. The van der Waals surface area contributed by atoms with E-state index in [4.69, 9.17) is 0 Å². The van der Waals surface area contributed by atoms with E-state index in [1.54, 1.807) is 11.4 Å². The Hall–Kier alpha value is -2.41. The Kier molecular flexibility index (Phi) is 3.76. The molecule has 0 aliphatic carbocycles. The Balaban J connectivity index is 2.22. The summed E-state index contributed by atoms with van der Waals surface area (Å²) in [6.07, 6.45) is 0. The number of nitrogens with one attached hydrogen (secondary N) is 2. The van der Waals surface area contributed by atoms with Crippen molar-refractivity contribution in [3.05, 3.63) is 50.6 Å². The third-order valence-electron chi connectivity index (χ3n) is 2.30. The van der Waals surface area contributed by atoms with Gasteiger partial charge in [0.05, 0.1) is 12.8 Å². The monoisotopic (exact) mass is 278 g/mol. The van der Waals surface area contributed by atoms with E-state index in [9.17, 15) is 14.4 Å². The predicted molar refractivity (Wildman–Crippen MR) is 70.7 cm³/mol. The number of hydrogen-bond donors (Lipinski definition) is 2. The zero-order valence-corrected chi connectivity index (χ0v) is 10.7. The van der Waals surface area contributed by atoms with Crippen LogP contribution in [0.1, 0.15) is 20.2 Å². The fourth-order valence-electron chi connectivity index (χ4n) is 1.43. The van der Waals surface area contributed by atoms with Gasteiger partial charge in [0.1, 0.15) is 10.6 Å². The van der Waals surface area contributed by atoms with Crippen LogP contribution in [0.4, 0.5) is 5.69 Å². The lowest BCUT2D eigenvalue weighted by molar-refractivity contribution is 0.0607. The van der Waals surface area contributed by atoms with Crippen molar-refractivity contribution in [1.82, 2.24) is 4.98 Å². The number of esters is 1. The molecule has 0 spiro atoms. The molecule has 1 amide bonds. The first-order valence-corrected chi connectivity index (χ1v) is 6.16. The fourth-order valence-corrected chi connectivity index (χ4v) is 2.19. The molecule has 0 aliphatic heterocycles. The molecule has 0 unspecified atom stereocenters. The minimum Gasteiger partial charge on any atom is -0.465 e. The number of H-pyrrole nitrogens is 1. The molecule has 2 aromatic rings. The largest absolute Gasteiger partial charge is 0.465 e. The highest BCUT2D eigenvalue weighted by molar-refractivity contribution is 7.12. The normalized spacial score (nSPS) is 9.95. The van der Waals surface area contributed by atoms with Crippen LogP contribution in [0.25, 0.3) is 0 Å². The number of amides is 1. The van der Waals surface area contributed by atoms with E-state index >= 15 is 0 Å². The van der Waals surface area contributed by atoms with Gasteiger partial charge >= 0.3 is 5.97 Å². The second kappa shape index (κ2) is 5.49. The molecule has 98 valence electrons. The lowest BCUT2D eigenvalue weighted by Crippen LogP contribution is -2.18. The van der Waals surface area contributed by atoms with Crippen LogP contribution in [0.3, 0.4) is 0 Å². The van der Waals surface area contributed by atoms with Crippen LogP contribution in [-0.4, -0.2) is 24.0 Å². The van der Waals surface area contributed by atoms with Crippen LogP contribution in [0.5, 0.6) is 0 Å². The van der Waals surface area contributed by atoms with Crippen LogP contribution in [-0.2, 0) is 4.74 Å². The zero-order valence-electron chi connectivity index (χ0n) is 9.93. The van der Waals surface area contributed by atoms with Gasteiger partial charge in [0.25, 0.3) is 5.91 Å². The summed E-state index contributed by atoms with van der Waals surface area (Å²) >= 11 is 1.16. The summed E-state index contributed by atoms with van der Waals surface area (Å²) < 4.78 is 4.60. The van der Waals surface area contributed by atoms with Crippen molar-refractivity contribution in [1.29, 1.82) is 0 Å². The molecule has 0 aliphatic rings. The van der Waals surface area contributed by atoms with Gasteiger partial charge in [0.15, 0.2) is 0 Å². The van der Waals surface area contributed by atoms with Crippen molar-refractivity contribution in [3.8, 4) is 0 Å². The maximum atomic E-state index is 11.9. The van der Waals surface area contributed by atoms with Crippen molar-refractivity contribution in [2.24, 2.45) is 0 Å². The van der Waals surface area contributed by atoms with Gasteiger partial charge in [-0.1, -0.05) is 6.07 Å². The predicted octanol–water partition coefficient (Wildman–Crippen LogP) is 1.48. The van der Waals surface area contributed by atoms with Crippen LogP contribution < -0.4 is 10.9 Å². The minimum atomic E-state index is -0.521. The summed E-state index contributed by atoms with van der Waals surface area (Å²) in [4.78, 5) is 37.2. The van der Waals surface area contributed by atoms with Crippen LogP contribution in [0, 0.1) is 0 Å². The molecule has 2 rings (SSSR count). The number of aromatic amines is 1. The summed E-state index contributed by atoms with van der Waals surface area (Å²) in [5.74, 6) is -1.02. The molecular formula is C12H10N2O4S. The van der Waals surface area contributed by atoms with E-state index in [0.29, 0.717) is 10.6 Å². The smallest absolute Gasteiger partial charge is 0.350 e. The highest BCUT2D eigenvalue weighted by Crippen LogP contribution is 2.23. The molecule has 0 saturated carbocycles. The first kappa shape index (κ1) is 13.0. The maximum Gasteiger partial charge on any atom is 0.350 e. The Bertz CT molecular complexity index is 674. The Morgan fingerprint density at radius 2 is 2.11 bits per heavy atom. The topological polar surface area (TPSA) is 88.3 Å². The number of ether oxygens (including phenoxy) is 1. The van der Waals surface area contributed by atoms with Crippen molar-refractivity contribution in [2.45, 2.75) is 0 Å². The number of carbonyl (C=O) groups is 2. The molecule has 0 fully saturated rings. The molecule has 0 atom stereocenters. The summed E-state index contributed by atoms with van der Waals surface area (Å²) in [5.41, 5.74) is 0.104. The molecule has 0 aromatic carbocycles. The summed E-state index contributed by atoms with van der Waals surface area (Å²) in [6.45, 7) is 0. The highest BCUT2D eigenvalue weighted by atomic mass is 32.1. The lowest BCUT2D eigenvalue weighted by atomic mass is 10.3. The molecule has 0 radical (unpaired) electrons. The number of aromatic nitrogens is 1. The van der Waals surface area contributed by atoms with E-state index in [1.165, 1.54) is 25.3 Å². The van der Waals surface area contributed by atoms with Gasteiger partial charge in [-0.3, -0.25) is 9.59 Å². The van der Waals surface area contributed by atoms with E-state index in [0.717, 1.165) is 11.3 Å². The molecule has 2 heterocycles. The van der Waals surface area contributed by atoms with E-state index in [2.05, 4.69) is 15.0 Å². The van der Waals surface area contributed by atoms with E-state index in [-0.39, 0.29) is 11.3 Å². The first-order chi connectivity index (χ1) is 9.11. The zero-order chi connectivity index (χ0) is 13.8. The highest BCUT2D eigenvalue weighted by Gasteiger charge is 2.16. The Morgan fingerprint density at radius 3 is 2.79 bits per heavy atom. The van der Waals surface area contributed by atoms with Crippen molar-refractivity contribution < 1.29 is 14.3 Å². The van der Waals surface area contributed by atoms with Crippen molar-refractivity contribution in [3.63, 3.8) is 0 Å². The van der Waals surface area contributed by atoms with Crippen molar-refractivity contribution >= 4 is 28.9 Å². The number of thiophene rings is 1. The standard InChI is InChI=1S/C12H10N2O4S/c1-18-12(17)10-7(5-6-19-10)14-11(16)8-3-2-4-9(15)13-8/h2-6H,1H3,(H,13,15)(H,14,16). The summed E-state index contributed by atoms with van der Waals surface area (Å²) in [5, 5.41) is 4.21. The fraction of sp³-hybridized carbons (Fsp3) is 0.0833. The quantitative estimate of drug-likeness (QED) is 0.832. The SMILES string of the molecule is COC(=O)c1sccc1NC(=O)c1cccc(=O)[nH]1. The van der Waals surface area contributed by atoms with Gasteiger partial charge < -0.3 is 15.0 Å². The molecule has 19 heavy (non-hydrogen) atoms. The average Bonchev–Trinajstić information content (AvgIpc) is 2.86.